The Morgan fingerprint density at radius 1 is 0.958 bits per heavy atom. The van der Waals surface area contributed by atoms with Gasteiger partial charge in [-0.25, -0.2) is 0 Å². The molecule has 0 aliphatic carbocycles. The normalized spacial score (nSPS) is 10.5. The number of hydrazine groups is 1. The van der Waals surface area contributed by atoms with Crippen LogP contribution in [0, 0.1) is 0 Å². The maximum absolute atomic E-state index is 12.4. The van der Waals surface area contributed by atoms with Gasteiger partial charge in [-0.2, -0.15) is 0 Å². The van der Waals surface area contributed by atoms with Gasteiger partial charge in [0.2, 0.25) is 0 Å². The molecular weight excluding hydrogens is 308 g/mol. The van der Waals surface area contributed by atoms with Crippen LogP contribution in [0.4, 0.5) is 0 Å². The fraction of sp³-hybridized carbons (Fsp3) is 0.111. The van der Waals surface area contributed by atoms with Crippen LogP contribution in [0.1, 0.15) is 26.5 Å². The molecule has 0 saturated carbocycles. The molecule has 0 spiro atoms. The molecule has 6 heteroatoms. The summed E-state index contributed by atoms with van der Waals surface area (Å²) < 4.78 is 10.8. The maximum Gasteiger partial charge on any atom is 0.305 e. The van der Waals surface area contributed by atoms with E-state index in [-0.39, 0.29) is 12.4 Å². The molecule has 122 valence electrons. The van der Waals surface area contributed by atoms with Gasteiger partial charge < -0.3 is 9.15 Å². The van der Waals surface area contributed by atoms with Crippen LogP contribution < -0.4 is 10.9 Å². The first kappa shape index (κ1) is 15.8. The lowest BCUT2D eigenvalue weighted by atomic mass is 10.1. The predicted molar refractivity (Wildman–Crippen MR) is 88.3 cm³/mol. The molecule has 1 aromatic heterocycles. The largest absolute Gasteiger partial charge is 0.450 e. The van der Waals surface area contributed by atoms with Gasteiger partial charge in [-0.3, -0.25) is 20.4 Å². The summed E-state index contributed by atoms with van der Waals surface area (Å²) in [5.74, 6) is -0.831. The van der Waals surface area contributed by atoms with Gasteiger partial charge >= 0.3 is 5.91 Å². The number of ether oxygens (including phenoxy) is 1. The van der Waals surface area contributed by atoms with Crippen molar-refractivity contribution in [2.24, 2.45) is 0 Å². The lowest BCUT2D eigenvalue weighted by molar-refractivity contribution is 0.0828. The van der Waals surface area contributed by atoms with Gasteiger partial charge in [0, 0.05) is 23.6 Å². The van der Waals surface area contributed by atoms with E-state index in [0.717, 1.165) is 5.39 Å². The molecule has 0 aliphatic rings. The maximum atomic E-state index is 12.4. The number of carbonyl (C=O) groups is 2. The number of furan rings is 1. The lowest BCUT2D eigenvalue weighted by Crippen LogP contribution is -2.41. The zero-order valence-corrected chi connectivity index (χ0v) is 13.0. The molecular formula is C18H16N2O4. The molecule has 0 saturated heterocycles. The molecule has 0 fully saturated rings. The Bertz CT molecular complexity index is 871. The Kier molecular flexibility index (Phi) is 4.58. The smallest absolute Gasteiger partial charge is 0.305 e. The van der Waals surface area contributed by atoms with E-state index in [2.05, 4.69) is 10.9 Å². The van der Waals surface area contributed by atoms with Gasteiger partial charge in [0.25, 0.3) is 5.91 Å². The quantitative estimate of drug-likeness (QED) is 0.723. The number of fused-ring (bicyclic) bond motifs is 1. The molecule has 1 heterocycles. The zero-order valence-electron chi connectivity index (χ0n) is 13.0. The van der Waals surface area contributed by atoms with Crippen molar-refractivity contribution in [2.45, 2.75) is 6.61 Å². The molecule has 0 bridgehead atoms. The summed E-state index contributed by atoms with van der Waals surface area (Å²) in [6, 6.07) is 15.9. The monoisotopic (exact) mass is 324 g/mol. The van der Waals surface area contributed by atoms with Crippen molar-refractivity contribution >= 4 is 22.8 Å². The molecule has 24 heavy (non-hydrogen) atoms. The zero-order chi connectivity index (χ0) is 16.9. The van der Waals surface area contributed by atoms with E-state index < -0.39 is 11.8 Å². The molecule has 0 unspecified atom stereocenters. The van der Waals surface area contributed by atoms with Crippen molar-refractivity contribution in [3.63, 3.8) is 0 Å². The number of nitrogens with one attached hydrogen (secondary N) is 2. The van der Waals surface area contributed by atoms with E-state index in [0.29, 0.717) is 16.7 Å². The van der Waals surface area contributed by atoms with Crippen molar-refractivity contribution < 1.29 is 18.7 Å². The summed E-state index contributed by atoms with van der Waals surface area (Å²) in [4.78, 5) is 24.4. The lowest BCUT2D eigenvalue weighted by Gasteiger charge is -2.07. The first-order chi connectivity index (χ1) is 11.7. The van der Waals surface area contributed by atoms with Crippen LogP contribution in [-0.2, 0) is 11.3 Å². The highest BCUT2D eigenvalue weighted by Crippen LogP contribution is 2.26. The van der Waals surface area contributed by atoms with Gasteiger partial charge in [0.15, 0.2) is 5.76 Å². The second kappa shape index (κ2) is 6.97. The highest BCUT2D eigenvalue weighted by molar-refractivity contribution is 6.01. The first-order valence-corrected chi connectivity index (χ1v) is 7.36. The van der Waals surface area contributed by atoms with Crippen molar-refractivity contribution in [2.75, 3.05) is 7.11 Å². The Morgan fingerprint density at radius 2 is 1.62 bits per heavy atom. The van der Waals surface area contributed by atoms with Crippen molar-refractivity contribution in [1.29, 1.82) is 0 Å². The molecule has 0 atom stereocenters. The van der Waals surface area contributed by atoms with Crippen molar-refractivity contribution in [1.82, 2.24) is 10.9 Å². The van der Waals surface area contributed by atoms with E-state index in [4.69, 9.17) is 9.15 Å². The van der Waals surface area contributed by atoms with Gasteiger partial charge in [-0.15, -0.1) is 0 Å². The Hall–Kier alpha value is -3.12. The minimum atomic E-state index is -0.539. The third-order valence-electron chi connectivity index (χ3n) is 3.52. The predicted octanol–water partition coefficient (Wildman–Crippen LogP) is 2.65. The van der Waals surface area contributed by atoms with Crippen LogP contribution in [0.25, 0.3) is 11.0 Å². The van der Waals surface area contributed by atoms with E-state index in [1.807, 2.05) is 18.2 Å². The summed E-state index contributed by atoms with van der Waals surface area (Å²) >= 11 is 0. The second-order valence-corrected chi connectivity index (χ2v) is 5.11. The molecule has 3 aromatic rings. The Morgan fingerprint density at radius 3 is 2.38 bits per heavy atom. The first-order valence-electron chi connectivity index (χ1n) is 7.36. The summed E-state index contributed by atoms with van der Waals surface area (Å²) in [7, 11) is 1.54. The van der Waals surface area contributed by atoms with Crippen LogP contribution in [0.5, 0.6) is 0 Å². The molecule has 2 N–H and O–H groups in total. The van der Waals surface area contributed by atoms with E-state index in [1.54, 1.807) is 43.5 Å². The van der Waals surface area contributed by atoms with E-state index >= 15 is 0 Å². The molecule has 2 amide bonds. The van der Waals surface area contributed by atoms with Crippen LogP contribution in [-0.4, -0.2) is 18.9 Å². The van der Waals surface area contributed by atoms with Crippen molar-refractivity contribution in [3.8, 4) is 0 Å². The van der Waals surface area contributed by atoms with Gasteiger partial charge in [0.05, 0.1) is 6.61 Å². The Balaban J connectivity index is 1.79. The van der Waals surface area contributed by atoms with Crippen molar-refractivity contribution in [3.05, 3.63) is 71.5 Å². The highest BCUT2D eigenvalue weighted by Gasteiger charge is 2.20. The second-order valence-electron chi connectivity index (χ2n) is 5.11. The van der Waals surface area contributed by atoms with Crippen LogP contribution >= 0.6 is 0 Å². The van der Waals surface area contributed by atoms with Crippen LogP contribution in [0.3, 0.4) is 0 Å². The topological polar surface area (TPSA) is 80.6 Å². The number of amides is 2. The summed E-state index contributed by atoms with van der Waals surface area (Å²) in [5, 5.41) is 0.805. The SMILES string of the molecule is COCc1c(C(=O)NNC(=O)c2ccccc2)oc2ccccc12. The number of para-hydroxylation sites is 1. The molecule has 0 radical (unpaired) electrons. The minimum absolute atomic E-state index is 0.117. The fourth-order valence-electron chi connectivity index (χ4n) is 2.40. The van der Waals surface area contributed by atoms with Gasteiger partial charge in [0.1, 0.15) is 5.58 Å². The van der Waals surface area contributed by atoms with E-state index in [9.17, 15) is 9.59 Å². The number of methoxy groups -OCH3 is 1. The third kappa shape index (κ3) is 3.13. The molecule has 6 nitrogen and oxygen atoms in total. The summed E-state index contributed by atoms with van der Waals surface area (Å²) in [6.45, 7) is 0.229. The Labute approximate surface area is 138 Å². The average Bonchev–Trinajstić information content (AvgIpc) is 2.99. The molecule has 2 aromatic carbocycles. The molecule has 0 aliphatic heterocycles. The summed E-state index contributed by atoms with van der Waals surface area (Å²) in [5.41, 5.74) is 6.41. The molecule has 3 rings (SSSR count). The average molecular weight is 324 g/mol. The number of hydrogen-bond donors (Lipinski definition) is 2. The standard InChI is InChI=1S/C18H16N2O4/c1-23-11-14-13-9-5-6-10-15(13)24-16(14)18(22)20-19-17(21)12-7-3-2-4-8-12/h2-10H,11H2,1H3,(H,19,21)(H,20,22). The third-order valence-corrected chi connectivity index (χ3v) is 3.52. The van der Waals surface area contributed by atoms with Gasteiger partial charge in [-0.05, 0) is 18.2 Å². The highest BCUT2D eigenvalue weighted by atomic mass is 16.5. The minimum Gasteiger partial charge on any atom is -0.450 e. The van der Waals surface area contributed by atoms with E-state index in [1.165, 1.54) is 0 Å². The fourth-order valence-corrected chi connectivity index (χ4v) is 2.40. The number of benzene rings is 2. The number of carbonyl (C=O) groups excluding carboxylic acids is 2. The number of rotatable bonds is 4. The van der Waals surface area contributed by atoms with Crippen LogP contribution in [0.15, 0.2) is 59.0 Å². The summed E-state index contributed by atoms with van der Waals surface area (Å²) in [6.07, 6.45) is 0. The number of hydrogen-bond acceptors (Lipinski definition) is 4. The van der Waals surface area contributed by atoms with Crippen LogP contribution in [0.2, 0.25) is 0 Å². The van der Waals surface area contributed by atoms with Gasteiger partial charge in [-0.1, -0.05) is 36.4 Å².